The summed E-state index contributed by atoms with van der Waals surface area (Å²) in [6.45, 7) is -1.34. The quantitative estimate of drug-likeness (QED) is 0.200. The molecule has 2 heterocycles. The number of methoxy groups -OCH3 is 1. The van der Waals surface area contributed by atoms with Crippen LogP contribution in [0.2, 0.25) is 0 Å². The molecule has 9 atom stereocenters. The Morgan fingerprint density at radius 2 is 1.89 bits per heavy atom. The SMILES string of the molecule is COC(=O)C1=CO[C@@H](O[C@@H]2O[C@H](CO)[C@H](O)[C@H](O)[C@H]2O)[C@H]2[C@@H]1C=C[C@@]2(O)CO. The molecule has 6 N–H and O–H groups in total. The Kier molecular flexibility index (Phi) is 6.08. The Morgan fingerprint density at radius 3 is 2.50 bits per heavy atom. The van der Waals surface area contributed by atoms with Gasteiger partial charge in [-0.2, -0.15) is 0 Å². The van der Waals surface area contributed by atoms with E-state index in [1.54, 1.807) is 0 Å². The number of hydrogen-bond donors (Lipinski definition) is 6. The van der Waals surface area contributed by atoms with Crippen LogP contribution in [0.4, 0.5) is 0 Å². The molecule has 11 heteroatoms. The zero-order valence-corrected chi connectivity index (χ0v) is 15.0. The number of fused-ring (bicyclic) bond motifs is 1. The van der Waals surface area contributed by atoms with E-state index in [1.807, 2.05) is 0 Å². The number of allylic oxidation sites excluding steroid dienone is 1. The van der Waals surface area contributed by atoms with Crippen molar-refractivity contribution >= 4 is 5.97 Å². The molecule has 1 fully saturated rings. The highest BCUT2D eigenvalue weighted by atomic mass is 16.8. The van der Waals surface area contributed by atoms with Crippen molar-refractivity contribution in [2.75, 3.05) is 20.3 Å². The highest BCUT2D eigenvalue weighted by Gasteiger charge is 2.55. The predicted octanol–water partition coefficient (Wildman–Crippen LogP) is -3.26. The third kappa shape index (κ3) is 3.44. The molecule has 1 aliphatic carbocycles. The van der Waals surface area contributed by atoms with E-state index in [2.05, 4.69) is 0 Å². The molecule has 0 radical (unpaired) electrons. The van der Waals surface area contributed by atoms with Crippen molar-refractivity contribution in [1.29, 1.82) is 0 Å². The van der Waals surface area contributed by atoms with Gasteiger partial charge in [-0.05, 0) is 0 Å². The predicted molar refractivity (Wildman–Crippen MR) is 88.0 cm³/mol. The Balaban J connectivity index is 1.85. The zero-order chi connectivity index (χ0) is 20.6. The van der Waals surface area contributed by atoms with Crippen LogP contribution in [-0.2, 0) is 23.7 Å². The molecule has 0 unspecified atom stereocenters. The third-order valence-corrected chi connectivity index (χ3v) is 5.33. The van der Waals surface area contributed by atoms with Gasteiger partial charge in [0, 0.05) is 5.92 Å². The van der Waals surface area contributed by atoms with Gasteiger partial charge >= 0.3 is 5.97 Å². The number of carbonyl (C=O) groups is 1. The highest BCUT2D eigenvalue weighted by Crippen LogP contribution is 2.45. The number of esters is 1. The van der Waals surface area contributed by atoms with E-state index in [1.165, 1.54) is 19.3 Å². The molecule has 3 aliphatic rings. The molecule has 11 nitrogen and oxygen atoms in total. The number of hydrogen-bond acceptors (Lipinski definition) is 11. The largest absolute Gasteiger partial charge is 0.471 e. The van der Waals surface area contributed by atoms with Crippen molar-refractivity contribution < 1.29 is 54.4 Å². The maximum absolute atomic E-state index is 12.0. The Bertz CT molecular complexity index is 647. The van der Waals surface area contributed by atoms with Crippen LogP contribution in [0.25, 0.3) is 0 Å². The van der Waals surface area contributed by atoms with Gasteiger partial charge in [-0.1, -0.05) is 12.2 Å². The number of aliphatic hydroxyl groups excluding tert-OH is 5. The van der Waals surface area contributed by atoms with E-state index < -0.39 is 73.6 Å². The summed E-state index contributed by atoms with van der Waals surface area (Å²) in [5, 5.41) is 59.5. The summed E-state index contributed by atoms with van der Waals surface area (Å²) >= 11 is 0. The summed E-state index contributed by atoms with van der Waals surface area (Å²) in [6, 6.07) is 0. The molecule has 0 aromatic rings. The monoisotopic (exact) mass is 404 g/mol. The van der Waals surface area contributed by atoms with Gasteiger partial charge < -0.3 is 49.6 Å². The Hall–Kier alpha value is -1.57. The first-order valence-corrected chi connectivity index (χ1v) is 8.69. The minimum Gasteiger partial charge on any atom is -0.471 e. The van der Waals surface area contributed by atoms with Gasteiger partial charge in [0.2, 0.25) is 6.29 Å². The fourth-order valence-corrected chi connectivity index (χ4v) is 3.71. The molecule has 3 rings (SSSR count). The smallest absolute Gasteiger partial charge is 0.337 e. The van der Waals surface area contributed by atoms with E-state index in [9.17, 15) is 35.4 Å². The van der Waals surface area contributed by atoms with Crippen LogP contribution in [0.3, 0.4) is 0 Å². The van der Waals surface area contributed by atoms with Crippen LogP contribution in [0.1, 0.15) is 0 Å². The lowest BCUT2D eigenvalue weighted by Gasteiger charge is -2.44. The van der Waals surface area contributed by atoms with Gasteiger partial charge in [0.1, 0.15) is 30.0 Å². The first-order valence-electron chi connectivity index (χ1n) is 8.69. The van der Waals surface area contributed by atoms with Crippen molar-refractivity contribution in [2.45, 2.75) is 42.6 Å². The molecule has 0 bridgehead atoms. The number of ether oxygens (including phenoxy) is 4. The second kappa shape index (κ2) is 8.05. The lowest BCUT2D eigenvalue weighted by molar-refractivity contribution is -0.346. The summed E-state index contributed by atoms with van der Waals surface area (Å²) in [4.78, 5) is 12.0. The van der Waals surface area contributed by atoms with Crippen molar-refractivity contribution in [3.63, 3.8) is 0 Å². The summed E-state index contributed by atoms with van der Waals surface area (Å²) < 4.78 is 21.0. The summed E-state index contributed by atoms with van der Waals surface area (Å²) in [6.07, 6.45) is -4.99. The fourth-order valence-electron chi connectivity index (χ4n) is 3.71. The lowest BCUT2D eigenvalue weighted by Crippen LogP contribution is -2.61. The molecule has 28 heavy (non-hydrogen) atoms. The zero-order valence-electron chi connectivity index (χ0n) is 15.0. The third-order valence-electron chi connectivity index (χ3n) is 5.33. The van der Waals surface area contributed by atoms with Gasteiger partial charge in [-0.25, -0.2) is 4.79 Å². The van der Waals surface area contributed by atoms with Crippen molar-refractivity contribution in [1.82, 2.24) is 0 Å². The highest BCUT2D eigenvalue weighted by molar-refractivity contribution is 5.89. The van der Waals surface area contributed by atoms with Crippen molar-refractivity contribution in [3.8, 4) is 0 Å². The van der Waals surface area contributed by atoms with Gasteiger partial charge in [0.05, 0.1) is 38.1 Å². The van der Waals surface area contributed by atoms with Gasteiger partial charge in [-0.3, -0.25) is 0 Å². The van der Waals surface area contributed by atoms with Crippen LogP contribution in [0.15, 0.2) is 24.0 Å². The summed E-state index contributed by atoms with van der Waals surface area (Å²) in [7, 11) is 1.19. The fraction of sp³-hybridized carbons (Fsp3) is 0.706. The first kappa shape index (κ1) is 21.1. The van der Waals surface area contributed by atoms with E-state index in [0.717, 1.165) is 6.26 Å². The number of aliphatic hydroxyl groups is 6. The second-order valence-electron chi connectivity index (χ2n) is 6.96. The van der Waals surface area contributed by atoms with Gasteiger partial charge in [0.15, 0.2) is 6.29 Å². The maximum atomic E-state index is 12.0. The van der Waals surface area contributed by atoms with Crippen molar-refractivity contribution in [2.24, 2.45) is 11.8 Å². The summed E-state index contributed by atoms with van der Waals surface area (Å²) in [5.74, 6) is -2.40. The average molecular weight is 404 g/mol. The molecule has 0 aromatic carbocycles. The Morgan fingerprint density at radius 1 is 1.18 bits per heavy atom. The molecule has 0 aromatic heterocycles. The van der Waals surface area contributed by atoms with E-state index in [0.29, 0.717) is 0 Å². The van der Waals surface area contributed by atoms with E-state index >= 15 is 0 Å². The second-order valence-corrected chi connectivity index (χ2v) is 6.96. The Labute approximate surface area is 160 Å². The van der Waals surface area contributed by atoms with Gasteiger partial charge in [0.25, 0.3) is 0 Å². The normalized spacial score (nSPS) is 45.2. The molecule has 0 amide bonds. The minimum atomic E-state index is -1.79. The molecule has 158 valence electrons. The van der Waals surface area contributed by atoms with Crippen molar-refractivity contribution in [3.05, 3.63) is 24.0 Å². The topological polar surface area (TPSA) is 175 Å². The maximum Gasteiger partial charge on any atom is 0.337 e. The van der Waals surface area contributed by atoms with Crippen LogP contribution < -0.4 is 0 Å². The van der Waals surface area contributed by atoms with E-state index in [-0.39, 0.29) is 5.57 Å². The molecule has 0 saturated carbocycles. The molecular weight excluding hydrogens is 380 g/mol. The molecular formula is C17H24O11. The minimum absolute atomic E-state index is 0.0989. The van der Waals surface area contributed by atoms with E-state index in [4.69, 9.17) is 18.9 Å². The van der Waals surface area contributed by atoms with Crippen LogP contribution >= 0.6 is 0 Å². The lowest BCUT2D eigenvalue weighted by atomic mass is 9.79. The standard InChI is InChI=1S/C17H24O11/c1-25-14(23)8-5-26-15(10-7(8)2-3-17(10,24)6-19)28-16-13(22)12(21)11(20)9(4-18)27-16/h2-3,5,7,9-13,15-16,18-22,24H,4,6H2,1H3/t7-,9-,10-,11+,12+,13-,15+,16+,17-/m1/s1. The number of rotatable bonds is 5. The summed E-state index contributed by atoms with van der Waals surface area (Å²) in [5.41, 5.74) is -1.70. The number of carbonyl (C=O) groups excluding carboxylic acids is 1. The van der Waals surface area contributed by atoms with Crippen LogP contribution in [0.5, 0.6) is 0 Å². The van der Waals surface area contributed by atoms with Gasteiger partial charge in [-0.15, -0.1) is 0 Å². The molecule has 2 aliphatic heterocycles. The molecule has 0 spiro atoms. The van der Waals surface area contributed by atoms with Crippen LogP contribution in [0, 0.1) is 11.8 Å². The molecule has 1 saturated heterocycles. The van der Waals surface area contributed by atoms with Crippen LogP contribution in [-0.4, -0.2) is 99.5 Å². The first-order chi connectivity index (χ1) is 13.3. The average Bonchev–Trinajstić information content (AvgIpc) is 3.06.